The average molecular weight is 237 g/mol. The molecule has 0 aliphatic rings. The maximum Gasteiger partial charge on any atom is 0.0835 e. The lowest BCUT2D eigenvalue weighted by Crippen LogP contribution is -1.93. The second-order valence-electron chi connectivity index (χ2n) is 2.63. The lowest BCUT2D eigenvalue weighted by atomic mass is 10.3. The number of nitrogens with zero attached hydrogens (tertiary/aromatic N) is 3. The molecule has 0 bridgehead atoms. The number of aromatic nitrogens is 3. The van der Waals surface area contributed by atoms with Crippen molar-refractivity contribution >= 4 is 15.9 Å². The molecule has 1 radical (unpaired) electrons. The average Bonchev–Trinajstić information content (AvgIpc) is 2.52. The van der Waals surface area contributed by atoms with E-state index in [4.69, 9.17) is 0 Å². The first kappa shape index (κ1) is 8.44. The summed E-state index contributed by atoms with van der Waals surface area (Å²) >= 11 is 3.39. The zero-order valence-electron chi connectivity index (χ0n) is 6.81. The van der Waals surface area contributed by atoms with E-state index < -0.39 is 0 Å². The molecule has 0 atom stereocenters. The third kappa shape index (κ3) is 1.78. The van der Waals surface area contributed by atoms with Gasteiger partial charge in [0.15, 0.2) is 0 Å². The molecular formula is C9H7BrN3. The van der Waals surface area contributed by atoms with Gasteiger partial charge in [0, 0.05) is 4.47 Å². The second kappa shape index (κ2) is 3.30. The van der Waals surface area contributed by atoms with Crippen LogP contribution in [0.5, 0.6) is 0 Å². The summed E-state index contributed by atoms with van der Waals surface area (Å²) in [5.41, 5.74) is 1.64. The Hall–Kier alpha value is -1.16. The van der Waals surface area contributed by atoms with Gasteiger partial charge in [0.25, 0.3) is 0 Å². The van der Waals surface area contributed by atoms with Gasteiger partial charge in [0.1, 0.15) is 0 Å². The van der Waals surface area contributed by atoms with Crippen LogP contribution < -0.4 is 0 Å². The van der Waals surface area contributed by atoms with Crippen molar-refractivity contribution in [3.63, 3.8) is 0 Å². The minimum absolute atomic E-state index is 0.667. The van der Waals surface area contributed by atoms with E-state index in [1.54, 1.807) is 10.9 Å². The summed E-state index contributed by atoms with van der Waals surface area (Å²) in [6, 6.07) is 7.84. The summed E-state index contributed by atoms with van der Waals surface area (Å²) in [4.78, 5) is 0. The van der Waals surface area contributed by atoms with Crippen LogP contribution in [0.3, 0.4) is 0 Å². The van der Waals surface area contributed by atoms with Gasteiger partial charge < -0.3 is 0 Å². The van der Waals surface area contributed by atoms with Crippen LogP contribution >= 0.6 is 15.9 Å². The number of hydrogen-bond donors (Lipinski definition) is 0. The van der Waals surface area contributed by atoms with Crippen LogP contribution in [0.15, 0.2) is 34.9 Å². The number of rotatable bonds is 1. The third-order valence-electron chi connectivity index (χ3n) is 1.61. The molecule has 0 N–H and O–H groups in total. The van der Waals surface area contributed by atoms with E-state index >= 15 is 0 Å². The van der Waals surface area contributed by atoms with E-state index in [0.717, 1.165) is 10.2 Å². The quantitative estimate of drug-likeness (QED) is 0.761. The summed E-state index contributed by atoms with van der Waals surface area (Å²) in [5, 5.41) is 7.72. The first-order valence-electron chi connectivity index (χ1n) is 3.76. The van der Waals surface area contributed by atoms with Gasteiger partial charge in [-0.3, -0.25) is 0 Å². The molecule has 4 heteroatoms. The summed E-state index contributed by atoms with van der Waals surface area (Å²) in [5.74, 6) is 0. The summed E-state index contributed by atoms with van der Waals surface area (Å²) in [6.45, 7) is 3.68. The molecule has 0 amide bonds. The van der Waals surface area contributed by atoms with Crippen LogP contribution in [0, 0.1) is 6.92 Å². The van der Waals surface area contributed by atoms with Crippen LogP contribution in [0.25, 0.3) is 5.69 Å². The molecule has 65 valence electrons. The van der Waals surface area contributed by atoms with Crippen molar-refractivity contribution in [1.82, 2.24) is 15.0 Å². The van der Waals surface area contributed by atoms with Gasteiger partial charge in [-0.2, -0.15) is 0 Å². The molecule has 2 rings (SSSR count). The Balaban J connectivity index is 2.46. The van der Waals surface area contributed by atoms with Crippen LogP contribution in [0.1, 0.15) is 5.69 Å². The molecule has 0 aliphatic carbocycles. The van der Waals surface area contributed by atoms with Crippen molar-refractivity contribution in [3.05, 3.63) is 47.6 Å². The fraction of sp³-hybridized carbons (Fsp3) is 0. The highest BCUT2D eigenvalue weighted by Crippen LogP contribution is 2.14. The maximum absolute atomic E-state index is 3.91. The van der Waals surface area contributed by atoms with Crippen molar-refractivity contribution in [2.75, 3.05) is 0 Å². The molecule has 0 aliphatic heterocycles. The number of halogens is 1. The lowest BCUT2D eigenvalue weighted by Gasteiger charge is -1.98. The van der Waals surface area contributed by atoms with Crippen molar-refractivity contribution in [3.8, 4) is 5.69 Å². The van der Waals surface area contributed by atoms with Crippen LogP contribution in [-0.4, -0.2) is 15.0 Å². The fourth-order valence-electron chi connectivity index (χ4n) is 1.04. The van der Waals surface area contributed by atoms with Gasteiger partial charge in [-0.05, 0) is 25.1 Å². The lowest BCUT2D eigenvalue weighted by molar-refractivity contribution is 0.801. The monoisotopic (exact) mass is 236 g/mol. The maximum atomic E-state index is 3.91. The van der Waals surface area contributed by atoms with E-state index in [1.807, 2.05) is 24.3 Å². The van der Waals surface area contributed by atoms with Crippen LogP contribution in [0.4, 0.5) is 0 Å². The van der Waals surface area contributed by atoms with E-state index in [2.05, 4.69) is 33.2 Å². The molecule has 13 heavy (non-hydrogen) atoms. The van der Waals surface area contributed by atoms with E-state index in [9.17, 15) is 0 Å². The molecule has 0 fully saturated rings. The van der Waals surface area contributed by atoms with Gasteiger partial charge in [-0.25, -0.2) is 4.68 Å². The predicted octanol–water partition coefficient (Wildman–Crippen LogP) is 2.21. The molecule has 0 saturated heterocycles. The molecule has 0 saturated carbocycles. The van der Waals surface area contributed by atoms with Gasteiger partial charge in [-0.15, -0.1) is 5.10 Å². The number of benzene rings is 1. The largest absolute Gasteiger partial charge is 0.220 e. The Bertz CT molecular complexity index is 422. The fourth-order valence-corrected chi connectivity index (χ4v) is 1.43. The highest BCUT2D eigenvalue weighted by molar-refractivity contribution is 9.10. The first-order valence-corrected chi connectivity index (χ1v) is 4.55. The zero-order chi connectivity index (χ0) is 9.26. The Morgan fingerprint density at radius 3 is 2.85 bits per heavy atom. The Labute approximate surface area is 84.5 Å². The van der Waals surface area contributed by atoms with Crippen LogP contribution in [-0.2, 0) is 0 Å². The molecule has 1 aromatic carbocycles. The first-order chi connectivity index (χ1) is 6.25. The van der Waals surface area contributed by atoms with Gasteiger partial charge in [-0.1, -0.05) is 27.2 Å². The predicted molar refractivity (Wildman–Crippen MR) is 53.5 cm³/mol. The third-order valence-corrected chi connectivity index (χ3v) is 2.11. The zero-order valence-corrected chi connectivity index (χ0v) is 8.40. The highest BCUT2D eigenvalue weighted by Gasteiger charge is 1.98. The topological polar surface area (TPSA) is 30.7 Å². The molecule has 1 heterocycles. The molecular weight excluding hydrogens is 230 g/mol. The molecule has 2 aromatic rings. The van der Waals surface area contributed by atoms with Gasteiger partial charge in [0.05, 0.1) is 17.6 Å². The van der Waals surface area contributed by atoms with Gasteiger partial charge >= 0.3 is 0 Å². The van der Waals surface area contributed by atoms with Gasteiger partial charge in [0.2, 0.25) is 0 Å². The highest BCUT2D eigenvalue weighted by atomic mass is 79.9. The van der Waals surface area contributed by atoms with Crippen molar-refractivity contribution < 1.29 is 0 Å². The number of hydrogen-bond acceptors (Lipinski definition) is 2. The summed E-state index contributed by atoms with van der Waals surface area (Å²) in [6.07, 6.45) is 1.78. The Morgan fingerprint density at radius 1 is 1.38 bits per heavy atom. The molecule has 0 spiro atoms. The molecule has 3 nitrogen and oxygen atoms in total. The standard InChI is InChI=1S/C9H7BrN3/c1-7-6-13(12-11-7)9-4-2-3-8(10)5-9/h2-6H,1H2. The SMILES string of the molecule is [CH2]c1cn(-c2cccc(Br)c2)nn1. The minimum Gasteiger partial charge on any atom is -0.220 e. The van der Waals surface area contributed by atoms with E-state index in [0.29, 0.717) is 5.69 Å². The van der Waals surface area contributed by atoms with Crippen molar-refractivity contribution in [2.24, 2.45) is 0 Å². The smallest absolute Gasteiger partial charge is 0.0835 e. The Morgan fingerprint density at radius 2 is 2.23 bits per heavy atom. The molecule has 1 aromatic heterocycles. The molecule has 0 unspecified atom stereocenters. The second-order valence-corrected chi connectivity index (χ2v) is 3.55. The normalized spacial score (nSPS) is 10.3. The van der Waals surface area contributed by atoms with Crippen molar-refractivity contribution in [1.29, 1.82) is 0 Å². The van der Waals surface area contributed by atoms with E-state index in [-0.39, 0.29) is 0 Å². The summed E-state index contributed by atoms with van der Waals surface area (Å²) < 4.78 is 2.71. The van der Waals surface area contributed by atoms with Crippen molar-refractivity contribution in [2.45, 2.75) is 0 Å². The van der Waals surface area contributed by atoms with Crippen LogP contribution in [0.2, 0.25) is 0 Å². The van der Waals surface area contributed by atoms with E-state index in [1.165, 1.54) is 0 Å². The minimum atomic E-state index is 0.667. The Kier molecular flexibility index (Phi) is 2.14. The summed E-state index contributed by atoms with van der Waals surface area (Å²) in [7, 11) is 0.